The molecule has 1 atom stereocenters. The van der Waals surface area contributed by atoms with E-state index in [9.17, 15) is 4.21 Å². The minimum Gasteiger partial charge on any atom is -0.250 e. The maximum absolute atomic E-state index is 11.5. The van der Waals surface area contributed by atoms with E-state index in [2.05, 4.69) is 4.36 Å². The smallest absolute Gasteiger partial charge is 0.126 e. The molecule has 0 amide bonds. The minimum atomic E-state index is -1.96. The van der Waals surface area contributed by atoms with Gasteiger partial charge in [-0.25, -0.2) is 4.21 Å². The Kier molecular flexibility index (Phi) is 2.67. The summed E-state index contributed by atoms with van der Waals surface area (Å²) >= 11 is 1.52. The van der Waals surface area contributed by atoms with Crippen molar-refractivity contribution in [2.75, 3.05) is 12.0 Å². The van der Waals surface area contributed by atoms with Gasteiger partial charge in [-0.1, -0.05) is 6.92 Å². The van der Waals surface area contributed by atoms with E-state index < -0.39 is 9.73 Å². The second-order valence-electron chi connectivity index (χ2n) is 2.29. The minimum absolute atomic E-state index is 0.616. The van der Waals surface area contributed by atoms with Crippen LogP contribution in [0.5, 0.6) is 0 Å². The van der Waals surface area contributed by atoms with Crippen molar-refractivity contribution in [1.82, 2.24) is 0 Å². The zero-order valence-electron chi connectivity index (χ0n) is 6.61. The first kappa shape index (κ1) is 8.74. The molecule has 0 unspecified atom stereocenters. The lowest BCUT2D eigenvalue weighted by Crippen LogP contribution is -1.96. The summed E-state index contributed by atoms with van der Waals surface area (Å²) in [5, 5.41) is 2.80. The average Bonchev–Trinajstić information content (AvgIpc) is 2.39. The van der Waals surface area contributed by atoms with E-state index in [1.807, 2.05) is 24.4 Å². The van der Waals surface area contributed by atoms with Crippen LogP contribution in [0.15, 0.2) is 21.9 Å². The molecule has 0 fully saturated rings. The van der Waals surface area contributed by atoms with Crippen LogP contribution >= 0.6 is 11.3 Å². The van der Waals surface area contributed by atoms with E-state index in [-0.39, 0.29) is 0 Å². The lowest BCUT2D eigenvalue weighted by molar-refractivity contribution is 0.681. The first-order valence-corrected chi connectivity index (χ1v) is 6.34. The highest BCUT2D eigenvalue weighted by Gasteiger charge is 1.97. The van der Waals surface area contributed by atoms with Gasteiger partial charge < -0.3 is 0 Å². The van der Waals surface area contributed by atoms with Crippen molar-refractivity contribution in [3.05, 3.63) is 17.5 Å². The molecule has 0 spiro atoms. The number of nitrogens with zero attached hydrogens (tertiary/aromatic N) is 1. The number of hydrogen-bond donors (Lipinski definition) is 0. The van der Waals surface area contributed by atoms with Crippen molar-refractivity contribution >= 4 is 26.1 Å². The van der Waals surface area contributed by atoms with Crippen LogP contribution in [-0.4, -0.2) is 16.2 Å². The highest BCUT2D eigenvalue weighted by molar-refractivity contribution is 7.93. The van der Waals surface area contributed by atoms with Gasteiger partial charge in [-0.05, 0) is 17.5 Å². The Hall–Kier alpha value is -0.350. The standard InChI is InChI=1S/C7H11NOS2/c1-3-11(2,9)8-7-5-4-6-10-7/h4-6H,3H2,1-2H3/t11-/m1/s1. The SMILES string of the molecule is CC[S@@](C)(=O)=Nc1cccs1. The van der Waals surface area contributed by atoms with Gasteiger partial charge in [-0.15, -0.1) is 11.3 Å². The third-order valence-corrected chi connectivity index (χ3v) is 3.86. The Morgan fingerprint density at radius 2 is 2.45 bits per heavy atom. The van der Waals surface area contributed by atoms with E-state index in [4.69, 9.17) is 0 Å². The molecule has 62 valence electrons. The molecule has 0 bridgehead atoms. The van der Waals surface area contributed by atoms with Crippen molar-refractivity contribution in [2.24, 2.45) is 4.36 Å². The summed E-state index contributed by atoms with van der Waals surface area (Å²) in [5.41, 5.74) is 0. The summed E-state index contributed by atoms with van der Waals surface area (Å²) in [6, 6.07) is 3.79. The molecule has 2 nitrogen and oxygen atoms in total. The predicted octanol–water partition coefficient (Wildman–Crippen LogP) is 2.50. The molecular formula is C7H11NOS2. The van der Waals surface area contributed by atoms with Crippen LogP contribution < -0.4 is 0 Å². The quantitative estimate of drug-likeness (QED) is 0.703. The lowest BCUT2D eigenvalue weighted by atomic mass is 10.6. The molecule has 1 heterocycles. The average molecular weight is 189 g/mol. The predicted molar refractivity (Wildman–Crippen MR) is 51.0 cm³/mol. The molecule has 0 N–H and O–H groups in total. The fourth-order valence-corrected chi connectivity index (χ4v) is 2.25. The molecule has 0 aliphatic rings. The molecule has 4 heteroatoms. The maximum atomic E-state index is 11.5. The van der Waals surface area contributed by atoms with Gasteiger partial charge >= 0.3 is 0 Å². The van der Waals surface area contributed by atoms with Gasteiger partial charge in [-0.3, -0.25) is 0 Å². The van der Waals surface area contributed by atoms with E-state index in [0.29, 0.717) is 5.75 Å². The zero-order valence-corrected chi connectivity index (χ0v) is 8.24. The first-order valence-electron chi connectivity index (χ1n) is 3.37. The van der Waals surface area contributed by atoms with Gasteiger partial charge in [0.25, 0.3) is 0 Å². The summed E-state index contributed by atoms with van der Waals surface area (Å²) in [7, 11) is -1.96. The van der Waals surface area contributed by atoms with Crippen LogP contribution in [0.1, 0.15) is 6.92 Å². The van der Waals surface area contributed by atoms with Gasteiger partial charge in [0, 0.05) is 21.7 Å². The van der Waals surface area contributed by atoms with Crippen LogP contribution in [0.4, 0.5) is 5.00 Å². The van der Waals surface area contributed by atoms with Crippen molar-refractivity contribution in [2.45, 2.75) is 6.92 Å². The third-order valence-electron chi connectivity index (χ3n) is 1.32. The number of rotatable bonds is 2. The molecule has 0 aliphatic heterocycles. The summed E-state index contributed by atoms with van der Waals surface area (Å²) in [4.78, 5) is 0. The topological polar surface area (TPSA) is 29.4 Å². The van der Waals surface area contributed by atoms with Gasteiger partial charge in [0.1, 0.15) is 5.00 Å². The van der Waals surface area contributed by atoms with E-state index in [0.717, 1.165) is 5.00 Å². The largest absolute Gasteiger partial charge is 0.250 e. The Balaban J connectivity index is 3.00. The van der Waals surface area contributed by atoms with Crippen molar-refractivity contribution < 1.29 is 4.21 Å². The third kappa shape index (κ3) is 2.63. The number of hydrogen-bond acceptors (Lipinski definition) is 3. The van der Waals surface area contributed by atoms with Crippen LogP contribution in [-0.2, 0) is 9.73 Å². The molecule has 1 rings (SSSR count). The van der Waals surface area contributed by atoms with Crippen molar-refractivity contribution in [1.29, 1.82) is 0 Å². The zero-order chi connectivity index (χ0) is 8.32. The molecule has 0 aromatic carbocycles. The lowest BCUT2D eigenvalue weighted by Gasteiger charge is -1.95. The highest BCUT2D eigenvalue weighted by Crippen LogP contribution is 2.20. The van der Waals surface area contributed by atoms with E-state index in [1.54, 1.807) is 6.26 Å². The number of thiophene rings is 1. The summed E-state index contributed by atoms with van der Waals surface area (Å²) in [5.74, 6) is 0.616. The second kappa shape index (κ2) is 3.36. The second-order valence-corrected chi connectivity index (χ2v) is 5.90. The molecule has 1 aromatic rings. The van der Waals surface area contributed by atoms with Crippen molar-refractivity contribution in [3.8, 4) is 0 Å². The monoisotopic (exact) mass is 189 g/mol. The molecule has 0 saturated carbocycles. The molecule has 11 heavy (non-hydrogen) atoms. The Morgan fingerprint density at radius 1 is 1.73 bits per heavy atom. The maximum Gasteiger partial charge on any atom is 0.126 e. The molecule has 1 aromatic heterocycles. The first-order chi connectivity index (χ1) is 5.14. The molecular weight excluding hydrogens is 178 g/mol. The highest BCUT2D eigenvalue weighted by atomic mass is 32.2. The Bertz CT molecular complexity index is 320. The summed E-state index contributed by atoms with van der Waals surface area (Å²) in [6.45, 7) is 1.89. The van der Waals surface area contributed by atoms with Crippen LogP contribution in [0.25, 0.3) is 0 Å². The summed E-state index contributed by atoms with van der Waals surface area (Å²) < 4.78 is 15.6. The van der Waals surface area contributed by atoms with Crippen LogP contribution in [0.3, 0.4) is 0 Å². The Morgan fingerprint density at radius 3 is 2.91 bits per heavy atom. The fraction of sp³-hybridized carbons (Fsp3) is 0.429. The van der Waals surface area contributed by atoms with Gasteiger partial charge in [0.2, 0.25) is 0 Å². The van der Waals surface area contributed by atoms with Crippen LogP contribution in [0, 0.1) is 0 Å². The summed E-state index contributed by atoms with van der Waals surface area (Å²) in [6.07, 6.45) is 1.69. The van der Waals surface area contributed by atoms with Crippen molar-refractivity contribution in [3.63, 3.8) is 0 Å². The fourth-order valence-electron chi connectivity index (χ4n) is 0.577. The molecule has 0 aliphatic carbocycles. The van der Waals surface area contributed by atoms with E-state index >= 15 is 0 Å². The van der Waals surface area contributed by atoms with Gasteiger partial charge in [0.05, 0.1) is 0 Å². The van der Waals surface area contributed by atoms with Gasteiger partial charge in [-0.2, -0.15) is 4.36 Å². The van der Waals surface area contributed by atoms with Gasteiger partial charge in [0.15, 0.2) is 0 Å². The normalized spacial score (nSPS) is 15.8. The van der Waals surface area contributed by atoms with Crippen LogP contribution in [0.2, 0.25) is 0 Å². The van der Waals surface area contributed by atoms with E-state index in [1.165, 1.54) is 11.3 Å². The Labute approximate surface area is 71.4 Å². The molecule has 0 radical (unpaired) electrons. The molecule has 0 saturated heterocycles.